The third-order valence-corrected chi connectivity index (χ3v) is 1.91. The lowest BCUT2D eigenvalue weighted by atomic mass is 10.3. The van der Waals surface area contributed by atoms with Gasteiger partial charge in [0.25, 0.3) is 0 Å². The highest BCUT2D eigenvalue weighted by molar-refractivity contribution is 6.32. The number of halogens is 1. The van der Waals surface area contributed by atoms with Gasteiger partial charge in [-0.25, -0.2) is 0 Å². The predicted molar refractivity (Wildman–Crippen MR) is 53.7 cm³/mol. The van der Waals surface area contributed by atoms with Crippen molar-refractivity contribution in [3.05, 3.63) is 23.2 Å². The van der Waals surface area contributed by atoms with Crippen molar-refractivity contribution in [2.45, 2.75) is 19.8 Å². The van der Waals surface area contributed by atoms with Crippen molar-refractivity contribution in [1.29, 1.82) is 0 Å². The molecule has 0 aliphatic carbocycles. The average Bonchev–Trinajstić information content (AvgIpc) is 2.12. The molecule has 0 amide bonds. The van der Waals surface area contributed by atoms with Crippen molar-refractivity contribution in [1.82, 2.24) is 0 Å². The highest BCUT2D eigenvalue weighted by Gasteiger charge is 2.05. The number of phenols is 1. The summed E-state index contributed by atoms with van der Waals surface area (Å²) in [4.78, 5) is 11.1. The zero-order chi connectivity index (χ0) is 10.6. The lowest BCUT2D eigenvalue weighted by molar-refractivity contribution is -0.134. The number of hydrogen-bond donors (Lipinski definition) is 1. The first-order valence-corrected chi connectivity index (χ1v) is 4.70. The Bertz CT molecular complexity index is 336. The van der Waals surface area contributed by atoms with Crippen LogP contribution in [0, 0.1) is 0 Å². The van der Waals surface area contributed by atoms with Gasteiger partial charge in [-0.15, -0.1) is 0 Å². The van der Waals surface area contributed by atoms with Crippen LogP contribution < -0.4 is 4.74 Å². The third-order valence-electron chi connectivity index (χ3n) is 1.60. The number of hydrogen-bond acceptors (Lipinski definition) is 3. The lowest BCUT2D eigenvalue weighted by Crippen LogP contribution is -2.06. The summed E-state index contributed by atoms with van der Waals surface area (Å²) in [5.41, 5.74) is 0. The van der Waals surface area contributed by atoms with Crippen LogP contribution in [-0.2, 0) is 4.79 Å². The second-order valence-electron chi connectivity index (χ2n) is 2.84. The molecule has 0 aromatic heterocycles. The molecule has 0 spiro atoms. The van der Waals surface area contributed by atoms with Crippen LogP contribution in [0.5, 0.6) is 11.5 Å². The summed E-state index contributed by atoms with van der Waals surface area (Å²) in [6.07, 6.45) is 1.11. The van der Waals surface area contributed by atoms with Crippen molar-refractivity contribution in [3.63, 3.8) is 0 Å². The first-order valence-electron chi connectivity index (χ1n) is 4.32. The number of phenolic OH excluding ortho intramolecular Hbond substituents is 1. The van der Waals surface area contributed by atoms with E-state index in [0.717, 1.165) is 6.42 Å². The average molecular weight is 215 g/mol. The Hall–Kier alpha value is -1.22. The van der Waals surface area contributed by atoms with Gasteiger partial charge in [0.15, 0.2) is 0 Å². The van der Waals surface area contributed by atoms with Gasteiger partial charge in [-0.1, -0.05) is 18.5 Å². The van der Waals surface area contributed by atoms with Gasteiger partial charge >= 0.3 is 5.97 Å². The van der Waals surface area contributed by atoms with Gasteiger partial charge in [-0.3, -0.25) is 4.79 Å². The molecule has 14 heavy (non-hydrogen) atoms. The molecule has 1 N–H and O–H groups in total. The second-order valence-corrected chi connectivity index (χ2v) is 3.24. The van der Waals surface area contributed by atoms with Crippen LogP contribution in [0.25, 0.3) is 0 Å². The van der Waals surface area contributed by atoms with Crippen LogP contribution in [0.1, 0.15) is 19.8 Å². The summed E-state index contributed by atoms with van der Waals surface area (Å²) in [5.74, 6) is 0.0301. The van der Waals surface area contributed by atoms with Gasteiger partial charge in [0, 0.05) is 12.5 Å². The molecular weight excluding hydrogens is 204 g/mol. The van der Waals surface area contributed by atoms with E-state index >= 15 is 0 Å². The molecule has 1 aromatic carbocycles. The van der Waals surface area contributed by atoms with E-state index in [1.807, 2.05) is 6.92 Å². The van der Waals surface area contributed by atoms with E-state index in [2.05, 4.69) is 0 Å². The zero-order valence-electron chi connectivity index (χ0n) is 7.79. The summed E-state index contributed by atoms with van der Waals surface area (Å²) in [6, 6.07) is 4.29. The van der Waals surface area contributed by atoms with Crippen LogP contribution in [0.2, 0.25) is 5.02 Å². The van der Waals surface area contributed by atoms with Gasteiger partial charge in [-0.05, 0) is 18.6 Å². The monoisotopic (exact) mass is 214 g/mol. The highest BCUT2D eigenvalue weighted by Crippen LogP contribution is 2.27. The van der Waals surface area contributed by atoms with Gasteiger partial charge in [0.05, 0.1) is 5.02 Å². The van der Waals surface area contributed by atoms with Crippen LogP contribution in [0.3, 0.4) is 0 Å². The molecule has 1 rings (SSSR count). The molecule has 0 bridgehead atoms. The molecule has 76 valence electrons. The molecule has 0 saturated carbocycles. The van der Waals surface area contributed by atoms with Gasteiger partial charge in [0.2, 0.25) is 0 Å². The van der Waals surface area contributed by atoms with Crippen molar-refractivity contribution in [2.24, 2.45) is 0 Å². The lowest BCUT2D eigenvalue weighted by Gasteiger charge is -2.04. The van der Waals surface area contributed by atoms with Crippen LogP contribution >= 0.6 is 11.6 Å². The van der Waals surface area contributed by atoms with Crippen LogP contribution in [0.15, 0.2) is 18.2 Å². The normalized spacial score (nSPS) is 9.86. The fourth-order valence-corrected chi connectivity index (χ4v) is 1.11. The number of carbonyl (C=O) groups excluding carboxylic acids is 1. The SMILES string of the molecule is CCCC(=O)Oc1ccc(O)c(Cl)c1. The first kappa shape index (κ1) is 10.9. The quantitative estimate of drug-likeness (QED) is 0.622. The number of ether oxygens (including phenoxy) is 1. The number of aromatic hydroxyl groups is 1. The minimum Gasteiger partial charge on any atom is -0.506 e. The Morgan fingerprint density at radius 2 is 2.29 bits per heavy atom. The van der Waals surface area contributed by atoms with Crippen molar-refractivity contribution < 1.29 is 14.6 Å². The molecule has 0 heterocycles. The fourth-order valence-electron chi connectivity index (χ4n) is 0.938. The summed E-state index contributed by atoms with van der Waals surface area (Å²) in [5, 5.41) is 9.28. The maximum absolute atomic E-state index is 11.1. The molecule has 0 radical (unpaired) electrons. The minimum absolute atomic E-state index is 0.0260. The second kappa shape index (κ2) is 4.86. The Morgan fingerprint density at radius 1 is 1.57 bits per heavy atom. The Labute approximate surface area is 87.3 Å². The zero-order valence-corrected chi connectivity index (χ0v) is 8.54. The topological polar surface area (TPSA) is 46.5 Å². The number of carbonyl (C=O) groups is 1. The van der Waals surface area contributed by atoms with Crippen LogP contribution in [0.4, 0.5) is 0 Å². The smallest absolute Gasteiger partial charge is 0.311 e. The Balaban J connectivity index is 2.68. The van der Waals surface area contributed by atoms with E-state index in [9.17, 15) is 4.79 Å². The van der Waals surface area contributed by atoms with Crippen molar-refractivity contribution in [3.8, 4) is 11.5 Å². The molecule has 0 atom stereocenters. The largest absolute Gasteiger partial charge is 0.506 e. The molecule has 0 aliphatic heterocycles. The van der Waals surface area contributed by atoms with E-state index in [1.54, 1.807) is 0 Å². The van der Waals surface area contributed by atoms with E-state index < -0.39 is 0 Å². The van der Waals surface area contributed by atoms with E-state index in [4.69, 9.17) is 21.4 Å². The van der Waals surface area contributed by atoms with Gasteiger partial charge in [0.1, 0.15) is 11.5 Å². The molecule has 0 aliphatic rings. The van der Waals surface area contributed by atoms with E-state index in [0.29, 0.717) is 12.2 Å². The predicted octanol–water partition coefficient (Wildman–Crippen LogP) is 2.75. The fraction of sp³-hybridized carbons (Fsp3) is 0.300. The standard InChI is InChI=1S/C10H11ClO3/c1-2-3-10(13)14-7-4-5-9(12)8(11)6-7/h4-6,12H,2-3H2,1H3. The number of esters is 1. The van der Waals surface area contributed by atoms with E-state index in [-0.39, 0.29) is 16.7 Å². The van der Waals surface area contributed by atoms with Crippen LogP contribution in [-0.4, -0.2) is 11.1 Å². The summed E-state index contributed by atoms with van der Waals surface area (Å²) >= 11 is 5.63. The highest BCUT2D eigenvalue weighted by atomic mass is 35.5. The molecular formula is C10H11ClO3. The minimum atomic E-state index is -0.297. The Morgan fingerprint density at radius 3 is 2.86 bits per heavy atom. The molecule has 4 heteroatoms. The Kier molecular flexibility index (Phi) is 3.77. The molecule has 0 fully saturated rings. The summed E-state index contributed by atoms with van der Waals surface area (Å²) < 4.78 is 4.96. The number of rotatable bonds is 3. The van der Waals surface area contributed by atoms with Gasteiger partial charge in [-0.2, -0.15) is 0 Å². The third kappa shape index (κ3) is 2.92. The molecule has 0 unspecified atom stereocenters. The van der Waals surface area contributed by atoms with Crippen molar-refractivity contribution >= 4 is 17.6 Å². The first-order chi connectivity index (χ1) is 6.63. The molecule has 1 aromatic rings. The summed E-state index contributed by atoms with van der Waals surface area (Å²) in [6.45, 7) is 1.89. The van der Waals surface area contributed by atoms with E-state index in [1.165, 1.54) is 18.2 Å². The maximum atomic E-state index is 11.1. The summed E-state index contributed by atoms with van der Waals surface area (Å²) in [7, 11) is 0. The van der Waals surface area contributed by atoms with Gasteiger partial charge < -0.3 is 9.84 Å². The number of benzene rings is 1. The molecule has 3 nitrogen and oxygen atoms in total. The molecule has 0 saturated heterocycles. The van der Waals surface area contributed by atoms with Crippen molar-refractivity contribution in [2.75, 3.05) is 0 Å². The maximum Gasteiger partial charge on any atom is 0.311 e.